The Labute approximate surface area is 86.3 Å². The molecule has 0 bridgehead atoms. The Hall–Kier alpha value is -2.11. The number of aliphatic carboxylic acids is 1. The van der Waals surface area contributed by atoms with Crippen molar-refractivity contribution in [2.45, 2.75) is 0 Å². The average Bonchev–Trinajstić information content (AvgIpc) is 2.17. The van der Waals surface area contributed by atoms with Crippen molar-refractivity contribution in [1.29, 1.82) is 0 Å². The maximum atomic E-state index is 10.8. The molecule has 3 N–H and O–H groups in total. The predicted octanol–water partition coefficient (Wildman–Crippen LogP) is -0.299. The lowest BCUT2D eigenvalue weighted by atomic mass is 10.3. The van der Waals surface area contributed by atoms with Crippen LogP contribution in [-0.4, -0.2) is 35.6 Å². The van der Waals surface area contributed by atoms with Crippen LogP contribution in [0.4, 0.5) is 5.69 Å². The van der Waals surface area contributed by atoms with Gasteiger partial charge in [0.1, 0.15) is 12.2 Å². The highest BCUT2D eigenvalue weighted by Crippen LogP contribution is 2.11. The summed E-state index contributed by atoms with van der Waals surface area (Å²) in [5, 5.41) is 8.57. The van der Waals surface area contributed by atoms with E-state index in [-0.39, 0.29) is 12.2 Å². The molecule has 1 amide bonds. The number of nitrogens with two attached hydrogens (primary N) is 1. The molecule has 0 fully saturated rings. The van der Waals surface area contributed by atoms with Crippen molar-refractivity contribution in [3.05, 3.63) is 24.0 Å². The van der Waals surface area contributed by atoms with Gasteiger partial charge in [0, 0.05) is 18.9 Å². The highest BCUT2D eigenvalue weighted by atomic mass is 16.4. The zero-order valence-corrected chi connectivity index (χ0v) is 8.17. The standard InChI is InChI=1S/C9H11N3O3/c1-12(5-8(13)14)6-2-3-11-7(4-6)9(10)15/h2-4H,5H2,1H3,(H2,10,15)(H,13,14). The number of rotatable bonds is 4. The number of aromatic nitrogens is 1. The first-order valence-electron chi connectivity index (χ1n) is 4.19. The lowest BCUT2D eigenvalue weighted by molar-refractivity contribution is -0.135. The number of carboxylic acids is 1. The number of primary amides is 1. The number of hydrogen-bond donors (Lipinski definition) is 2. The second-order valence-electron chi connectivity index (χ2n) is 3.01. The number of anilines is 1. The molecule has 1 aromatic heterocycles. The van der Waals surface area contributed by atoms with Gasteiger partial charge >= 0.3 is 5.97 Å². The van der Waals surface area contributed by atoms with Gasteiger partial charge in [-0.05, 0) is 12.1 Å². The average molecular weight is 209 g/mol. The lowest BCUT2D eigenvalue weighted by Gasteiger charge is -2.16. The molecule has 80 valence electrons. The van der Waals surface area contributed by atoms with E-state index >= 15 is 0 Å². The summed E-state index contributed by atoms with van der Waals surface area (Å²) in [6, 6.07) is 3.06. The lowest BCUT2D eigenvalue weighted by Crippen LogP contribution is -2.25. The summed E-state index contributed by atoms with van der Waals surface area (Å²) in [5.41, 5.74) is 5.75. The van der Waals surface area contributed by atoms with Crippen LogP contribution in [0.1, 0.15) is 10.5 Å². The molecule has 0 saturated carbocycles. The molecule has 0 aromatic carbocycles. The summed E-state index contributed by atoms with van der Waals surface area (Å²) in [5.74, 6) is -1.59. The number of likely N-dealkylation sites (N-methyl/N-ethyl adjacent to an activating group) is 1. The molecule has 0 unspecified atom stereocenters. The first-order valence-corrected chi connectivity index (χ1v) is 4.19. The fourth-order valence-corrected chi connectivity index (χ4v) is 1.09. The molecule has 1 heterocycles. The van der Waals surface area contributed by atoms with Gasteiger partial charge in [0.15, 0.2) is 0 Å². The number of carbonyl (C=O) groups excluding carboxylic acids is 1. The SMILES string of the molecule is CN(CC(=O)O)c1ccnc(C(N)=O)c1. The van der Waals surface area contributed by atoms with E-state index in [1.54, 1.807) is 13.1 Å². The number of carboxylic acid groups (broad SMARTS) is 1. The normalized spacial score (nSPS) is 9.67. The number of carbonyl (C=O) groups is 2. The van der Waals surface area contributed by atoms with Gasteiger partial charge in [0.2, 0.25) is 0 Å². The summed E-state index contributed by atoms with van der Waals surface area (Å²) < 4.78 is 0. The Morgan fingerprint density at radius 1 is 1.60 bits per heavy atom. The van der Waals surface area contributed by atoms with Crippen LogP contribution in [0.3, 0.4) is 0 Å². The van der Waals surface area contributed by atoms with E-state index in [0.29, 0.717) is 5.69 Å². The van der Waals surface area contributed by atoms with E-state index in [2.05, 4.69) is 4.98 Å². The molecule has 6 heteroatoms. The zero-order valence-electron chi connectivity index (χ0n) is 8.17. The van der Waals surface area contributed by atoms with Crippen molar-refractivity contribution in [2.24, 2.45) is 5.73 Å². The molecule has 15 heavy (non-hydrogen) atoms. The molecular formula is C9H11N3O3. The molecule has 0 radical (unpaired) electrons. The van der Waals surface area contributed by atoms with Crippen LogP contribution >= 0.6 is 0 Å². The number of amides is 1. The van der Waals surface area contributed by atoms with E-state index in [0.717, 1.165) is 0 Å². The Kier molecular flexibility index (Phi) is 3.22. The monoisotopic (exact) mass is 209 g/mol. The third kappa shape index (κ3) is 2.94. The maximum absolute atomic E-state index is 10.8. The van der Waals surface area contributed by atoms with Crippen LogP contribution in [0.2, 0.25) is 0 Å². The van der Waals surface area contributed by atoms with Crippen LogP contribution in [0.15, 0.2) is 18.3 Å². The van der Waals surface area contributed by atoms with Crippen LogP contribution < -0.4 is 10.6 Å². The van der Waals surface area contributed by atoms with E-state index in [9.17, 15) is 9.59 Å². The van der Waals surface area contributed by atoms with Gasteiger partial charge in [0.25, 0.3) is 5.91 Å². The van der Waals surface area contributed by atoms with Gasteiger partial charge in [0.05, 0.1) is 0 Å². The highest BCUT2D eigenvalue weighted by molar-refractivity contribution is 5.91. The van der Waals surface area contributed by atoms with Crippen molar-refractivity contribution in [3.8, 4) is 0 Å². The smallest absolute Gasteiger partial charge is 0.323 e. The van der Waals surface area contributed by atoms with Crippen molar-refractivity contribution in [3.63, 3.8) is 0 Å². The molecule has 0 aliphatic carbocycles. The second-order valence-corrected chi connectivity index (χ2v) is 3.01. The predicted molar refractivity (Wildman–Crippen MR) is 53.7 cm³/mol. The van der Waals surface area contributed by atoms with E-state index < -0.39 is 11.9 Å². The van der Waals surface area contributed by atoms with Gasteiger partial charge in [-0.25, -0.2) is 0 Å². The Balaban J connectivity index is 2.89. The molecular weight excluding hydrogens is 198 g/mol. The molecule has 6 nitrogen and oxygen atoms in total. The number of pyridine rings is 1. The molecule has 1 rings (SSSR count). The van der Waals surface area contributed by atoms with Gasteiger partial charge in [-0.3, -0.25) is 14.6 Å². The van der Waals surface area contributed by atoms with Crippen molar-refractivity contribution >= 4 is 17.6 Å². The minimum absolute atomic E-state index is 0.115. The summed E-state index contributed by atoms with van der Waals surface area (Å²) in [4.78, 5) is 26.5. The topological polar surface area (TPSA) is 96.5 Å². The van der Waals surface area contributed by atoms with Crippen LogP contribution in [0.25, 0.3) is 0 Å². The van der Waals surface area contributed by atoms with E-state index in [4.69, 9.17) is 10.8 Å². The highest BCUT2D eigenvalue weighted by Gasteiger charge is 2.08. The summed E-state index contributed by atoms with van der Waals surface area (Å²) in [6.07, 6.45) is 1.41. The van der Waals surface area contributed by atoms with Gasteiger partial charge in [-0.2, -0.15) is 0 Å². The van der Waals surface area contributed by atoms with Crippen LogP contribution in [-0.2, 0) is 4.79 Å². The summed E-state index contributed by atoms with van der Waals surface area (Å²) in [6.45, 7) is -0.151. The maximum Gasteiger partial charge on any atom is 0.323 e. The van der Waals surface area contributed by atoms with Crippen molar-refractivity contribution < 1.29 is 14.7 Å². The largest absolute Gasteiger partial charge is 0.480 e. The van der Waals surface area contributed by atoms with E-state index in [1.807, 2.05) is 0 Å². The van der Waals surface area contributed by atoms with Gasteiger partial charge in [-0.1, -0.05) is 0 Å². The molecule has 0 spiro atoms. The van der Waals surface area contributed by atoms with Crippen molar-refractivity contribution in [2.75, 3.05) is 18.5 Å². The molecule has 0 aliphatic rings. The first kappa shape index (κ1) is 11.0. The molecule has 1 aromatic rings. The molecule has 0 aliphatic heterocycles. The third-order valence-electron chi connectivity index (χ3n) is 1.81. The van der Waals surface area contributed by atoms with Crippen molar-refractivity contribution in [1.82, 2.24) is 4.98 Å². The molecule has 0 atom stereocenters. The number of hydrogen-bond acceptors (Lipinski definition) is 4. The minimum Gasteiger partial charge on any atom is -0.480 e. The fourth-order valence-electron chi connectivity index (χ4n) is 1.09. The quantitative estimate of drug-likeness (QED) is 0.709. The van der Waals surface area contributed by atoms with E-state index in [1.165, 1.54) is 17.2 Å². The summed E-state index contributed by atoms with van der Waals surface area (Å²) >= 11 is 0. The minimum atomic E-state index is -0.949. The Morgan fingerprint density at radius 2 is 2.27 bits per heavy atom. The number of nitrogens with zero attached hydrogens (tertiary/aromatic N) is 2. The van der Waals surface area contributed by atoms with Crippen LogP contribution in [0, 0.1) is 0 Å². The Bertz CT molecular complexity index is 392. The zero-order chi connectivity index (χ0) is 11.4. The fraction of sp³-hybridized carbons (Fsp3) is 0.222. The molecule has 0 saturated heterocycles. The first-order chi connectivity index (χ1) is 7.00. The second kappa shape index (κ2) is 4.41. The summed E-state index contributed by atoms with van der Waals surface area (Å²) in [7, 11) is 1.61. The van der Waals surface area contributed by atoms with Crippen LogP contribution in [0.5, 0.6) is 0 Å². The van der Waals surface area contributed by atoms with Gasteiger partial charge < -0.3 is 15.7 Å². The van der Waals surface area contributed by atoms with Gasteiger partial charge in [-0.15, -0.1) is 0 Å². The Morgan fingerprint density at radius 3 is 2.80 bits per heavy atom. The third-order valence-corrected chi connectivity index (χ3v) is 1.81.